The highest BCUT2D eigenvalue weighted by Gasteiger charge is 2.46. The Bertz CT molecular complexity index is 3630. The Morgan fingerprint density at radius 1 is 0.364 bits per heavy atom. The highest BCUT2D eigenvalue weighted by atomic mass is 32.1. The molecule has 2 aliphatic rings. The van der Waals surface area contributed by atoms with Gasteiger partial charge in [0, 0.05) is 37.0 Å². The molecular weight excluding hydrogens is 815 g/mol. The van der Waals surface area contributed by atoms with Gasteiger partial charge in [-0.25, -0.2) is 0 Å². The topological polar surface area (TPSA) is 3.24 Å². The van der Waals surface area contributed by atoms with Crippen molar-refractivity contribution in [2.24, 2.45) is 0 Å². The molecule has 1 aromatic heterocycles. The summed E-state index contributed by atoms with van der Waals surface area (Å²) >= 11 is 1.88. The fourth-order valence-electron chi connectivity index (χ4n) is 11.6. The fraction of sp³-hybridized carbons (Fsp3) is 0.0625. The summed E-state index contributed by atoms with van der Waals surface area (Å²) in [6.07, 6.45) is 0. The summed E-state index contributed by atoms with van der Waals surface area (Å²) in [6, 6.07) is 88.4. The molecule has 2 aliphatic carbocycles. The first-order valence-electron chi connectivity index (χ1n) is 23.0. The second-order valence-electron chi connectivity index (χ2n) is 18.4. The molecule has 0 unspecified atom stereocenters. The highest BCUT2D eigenvalue weighted by molar-refractivity contribution is 7.26. The van der Waals surface area contributed by atoms with Crippen LogP contribution < -0.4 is 4.90 Å². The van der Waals surface area contributed by atoms with Crippen LogP contribution in [0, 0.1) is 0 Å². The van der Waals surface area contributed by atoms with Crippen LogP contribution in [0.1, 0.15) is 47.2 Å². The third-order valence-corrected chi connectivity index (χ3v) is 15.7. The Kier molecular flexibility index (Phi) is 8.72. The molecule has 1 nitrogen and oxygen atoms in total. The lowest BCUT2D eigenvalue weighted by molar-refractivity contribution is 0.660. The van der Waals surface area contributed by atoms with Gasteiger partial charge in [-0.15, -0.1) is 11.3 Å². The van der Waals surface area contributed by atoms with Crippen LogP contribution in [0.4, 0.5) is 17.1 Å². The van der Waals surface area contributed by atoms with Crippen molar-refractivity contribution < 1.29 is 0 Å². The third-order valence-electron chi connectivity index (χ3n) is 14.5. The minimum atomic E-state index is -0.543. The van der Waals surface area contributed by atoms with Crippen molar-refractivity contribution in [2.75, 3.05) is 4.90 Å². The van der Waals surface area contributed by atoms with E-state index in [1.54, 1.807) is 0 Å². The van der Waals surface area contributed by atoms with Crippen molar-refractivity contribution in [1.29, 1.82) is 0 Å². The molecule has 0 aliphatic heterocycles. The molecule has 1 heterocycles. The zero-order valence-corrected chi connectivity index (χ0v) is 37.7. The van der Waals surface area contributed by atoms with E-state index in [1.165, 1.54) is 98.1 Å². The summed E-state index contributed by atoms with van der Waals surface area (Å²) < 4.78 is 2.55. The van der Waals surface area contributed by atoms with E-state index in [9.17, 15) is 0 Å². The van der Waals surface area contributed by atoms with Crippen molar-refractivity contribution in [1.82, 2.24) is 0 Å². The molecule has 66 heavy (non-hydrogen) atoms. The van der Waals surface area contributed by atoms with Crippen LogP contribution in [0.15, 0.2) is 237 Å². The van der Waals surface area contributed by atoms with Crippen molar-refractivity contribution in [3.05, 3.63) is 270 Å². The molecule has 0 atom stereocenters. The monoisotopic (exact) mass is 859 g/mol. The molecule has 312 valence electrons. The lowest BCUT2D eigenvalue weighted by atomic mass is 9.67. The predicted molar refractivity (Wildman–Crippen MR) is 280 cm³/mol. The van der Waals surface area contributed by atoms with Gasteiger partial charge in [-0.3, -0.25) is 0 Å². The van der Waals surface area contributed by atoms with E-state index < -0.39 is 5.41 Å². The van der Waals surface area contributed by atoms with Crippen LogP contribution in [0.25, 0.3) is 64.7 Å². The molecule has 10 aromatic carbocycles. The van der Waals surface area contributed by atoms with Gasteiger partial charge in [0.15, 0.2) is 0 Å². The maximum Gasteiger partial charge on any atom is 0.0714 e. The highest BCUT2D eigenvalue weighted by Crippen LogP contribution is 2.58. The van der Waals surface area contributed by atoms with E-state index in [1.807, 2.05) is 11.3 Å². The maximum absolute atomic E-state index is 2.57. The van der Waals surface area contributed by atoms with Gasteiger partial charge in [0.1, 0.15) is 0 Å². The Hall–Kier alpha value is -7.78. The Balaban J connectivity index is 1.13. The number of fused-ring (bicyclic) bond motifs is 9. The number of anilines is 3. The van der Waals surface area contributed by atoms with E-state index in [0.717, 1.165) is 17.1 Å². The van der Waals surface area contributed by atoms with Gasteiger partial charge in [-0.1, -0.05) is 202 Å². The molecular formula is C64H45NS. The van der Waals surface area contributed by atoms with E-state index >= 15 is 0 Å². The molecule has 11 aromatic rings. The molecule has 2 heteroatoms. The quantitative estimate of drug-likeness (QED) is 0.154. The normalized spacial score (nSPS) is 13.8. The molecule has 0 saturated heterocycles. The standard InChI is InChI=1S/C64H45NS/c1-63(2)54-31-15-14-30-51(54)61-52(43-22-8-4-9-23-43)40-48(41-57(61)63)65(58-34-19-35-60-62(58)53-38-44(36-37-59(53)66-60)42-20-6-3-7-21-42)47-27-18-26-46(39-47)64(45-24-10-5-11-25-45)55-32-16-12-28-49(55)50-29-13-17-33-56(50)64/h3-41H,1-2H3. The second kappa shape index (κ2) is 14.9. The van der Waals surface area contributed by atoms with Gasteiger partial charge in [-0.05, 0) is 126 Å². The summed E-state index contributed by atoms with van der Waals surface area (Å²) in [7, 11) is 0. The van der Waals surface area contributed by atoms with E-state index in [0.29, 0.717) is 0 Å². The first-order valence-corrected chi connectivity index (χ1v) is 23.8. The molecule has 0 radical (unpaired) electrons. The summed E-state index contributed by atoms with van der Waals surface area (Å²) in [5.74, 6) is 0. The smallest absolute Gasteiger partial charge is 0.0714 e. The number of hydrogen-bond acceptors (Lipinski definition) is 2. The van der Waals surface area contributed by atoms with Crippen LogP contribution in [-0.2, 0) is 10.8 Å². The van der Waals surface area contributed by atoms with Crippen LogP contribution in [0.5, 0.6) is 0 Å². The summed E-state index contributed by atoms with van der Waals surface area (Å²) in [5, 5.41) is 2.53. The van der Waals surface area contributed by atoms with Gasteiger partial charge in [-0.2, -0.15) is 0 Å². The molecule has 0 saturated carbocycles. The van der Waals surface area contributed by atoms with E-state index in [-0.39, 0.29) is 5.41 Å². The van der Waals surface area contributed by atoms with Gasteiger partial charge in [0.25, 0.3) is 0 Å². The second-order valence-corrected chi connectivity index (χ2v) is 19.5. The Labute approximate surface area is 390 Å². The van der Waals surface area contributed by atoms with Crippen molar-refractivity contribution >= 4 is 48.6 Å². The van der Waals surface area contributed by atoms with Crippen LogP contribution >= 0.6 is 11.3 Å². The van der Waals surface area contributed by atoms with E-state index in [4.69, 9.17) is 0 Å². The van der Waals surface area contributed by atoms with Gasteiger partial charge >= 0.3 is 0 Å². The number of benzene rings is 10. The lowest BCUT2D eigenvalue weighted by Gasteiger charge is -2.35. The predicted octanol–water partition coefficient (Wildman–Crippen LogP) is 17.5. The van der Waals surface area contributed by atoms with Crippen LogP contribution in [0.2, 0.25) is 0 Å². The number of nitrogens with zero attached hydrogens (tertiary/aromatic N) is 1. The zero-order chi connectivity index (χ0) is 44.0. The van der Waals surface area contributed by atoms with Crippen LogP contribution in [0.3, 0.4) is 0 Å². The summed E-state index contributed by atoms with van der Waals surface area (Å²) in [6.45, 7) is 4.80. The van der Waals surface area contributed by atoms with Gasteiger partial charge in [0.05, 0.1) is 11.1 Å². The van der Waals surface area contributed by atoms with Gasteiger partial charge in [0.2, 0.25) is 0 Å². The Morgan fingerprint density at radius 2 is 0.955 bits per heavy atom. The third kappa shape index (κ3) is 5.65. The molecule has 0 N–H and O–H groups in total. The average Bonchev–Trinajstić information content (AvgIpc) is 3.99. The average molecular weight is 860 g/mol. The molecule has 0 spiro atoms. The van der Waals surface area contributed by atoms with Crippen molar-refractivity contribution in [2.45, 2.75) is 24.7 Å². The zero-order valence-electron chi connectivity index (χ0n) is 36.9. The number of hydrogen-bond donors (Lipinski definition) is 0. The molecule has 13 rings (SSSR count). The SMILES string of the molecule is CC1(C)c2ccccc2-c2c(-c3ccccc3)cc(N(c3cccc(C4(c5ccccc5)c5ccccc5-c5ccccc54)c3)c3cccc4sc5ccc(-c6ccccc6)cc5c34)cc21. The molecule has 0 fully saturated rings. The van der Waals surface area contributed by atoms with Crippen molar-refractivity contribution in [3.63, 3.8) is 0 Å². The largest absolute Gasteiger partial charge is 0.310 e. The number of thiophene rings is 1. The first kappa shape index (κ1) is 38.7. The minimum Gasteiger partial charge on any atom is -0.310 e. The first-order chi connectivity index (χ1) is 32.5. The van der Waals surface area contributed by atoms with Crippen LogP contribution in [-0.4, -0.2) is 0 Å². The lowest BCUT2D eigenvalue weighted by Crippen LogP contribution is -2.28. The molecule has 0 amide bonds. The summed E-state index contributed by atoms with van der Waals surface area (Å²) in [4.78, 5) is 2.57. The Morgan fingerprint density at radius 3 is 1.67 bits per heavy atom. The fourth-order valence-corrected chi connectivity index (χ4v) is 12.7. The number of rotatable bonds is 7. The summed E-state index contributed by atoms with van der Waals surface area (Å²) in [5.41, 5.74) is 20.6. The minimum absolute atomic E-state index is 0.223. The maximum atomic E-state index is 2.57. The molecule has 0 bridgehead atoms. The van der Waals surface area contributed by atoms with Gasteiger partial charge < -0.3 is 4.90 Å². The van der Waals surface area contributed by atoms with Crippen molar-refractivity contribution in [3.8, 4) is 44.5 Å². The van der Waals surface area contributed by atoms with E-state index in [2.05, 4.69) is 255 Å².